The molecule has 0 aliphatic heterocycles. The molecule has 0 aromatic heterocycles. The molecule has 2 N–H and O–H groups in total. The minimum atomic E-state index is -0.241. The SMILES string of the molecule is COc1ccccc1C(C)(C)CNC(=O)CCNC(=O)[C@H]1C[C@@H]1C. The van der Waals surface area contributed by atoms with Crippen LogP contribution in [0.1, 0.15) is 39.2 Å². The largest absolute Gasteiger partial charge is 0.496 e. The Hall–Kier alpha value is -2.04. The zero-order valence-corrected chi connectivity index (χ0v) is 15.0. The zero-order chi connectivity index (χ0) is 17.7. The third-order valence-electron chi connectivity index (χ3n) is 4.66. The highest BCUT2D eigenvalue weighted by molar-refractivity contribution is 5.82. The van der Waals surface area contributed by atoms with Crippen LogP contribution in [0.2, 0.25) is 0 Å². The molecule has 2 rings (SSSR count). The van der Waals surface area contributed by atoms with Gasteiger partial charge >= 0.3 is 0 Å². The molecule has 0 unspecified atom stereocenters. The molecule has 0 radical (unpaired) electrons. The number of methoxy groups -OCH3 is 1. The summed E-state index contributed by atoms with van der Waals surface area (Å²) in [5.41, 5.74) is 0.818. The highest BCUT2D eigenvalue weighted by atomic mass is 16.5. The van der Waals surface area contributed by atoms with E-state index in [2.05, 4.69) is 31.4 Å². The van der Waals surface area contributed by atoms with Crippen molar-refractivity contribution in [1.29, 1.82) is 0 Å². The van der Waals surface area contributed by atoms with E-state index in [1.54, 1.807) is 7.11 Å². The van der Waals surface area contributed by atoms with Crippen molar-refractivity contribution in [1.82, 2.24) is 10.6 Å². The molecule has 132 valence electrons. The first-order chi connectivity index (χ1) is 11.3. The molecule has 1 aromatic rings. The van der Waals surface area contributed by atoms with Crippen molar-refractivity contribution in [3.8, 4) is 5.75 Å². The highest BCUT2D eigenvalue weighted by Gasteiger charge is 2.38. The van der Waals surface area contributed by atoms with Gasteiger partial charge in [0.15, 0.2) is 0 Å². The summed E-state index contributed by atoms with van der Waals surface area (Å²) in [6.45, 7) is 7.11. The Kier molecular flexibility index (Phi) is 5.86. The van der Waals surface area contributed by atoms with Gasteiger partial charge in [0.1, 0.15) is 5.75 Å². The maximum atomic E-state index is 12.0. The number of carbonyl (C=O) groups is 2. The molecule has 24 heavy (non-hydrogen) atoms. The fourth-order valence-electron chi connectivity index (χ4n) is 2.82. The van der Waals surface area contributed by atoms with E-state index >= 15 is 0 Å². The van der Waals surface area contributed by atoms with Crippen LogP contribution in [0, 0.1) is 11.8 Å². The summed E-state index contributed by atoms with van der Waals surface area (Å²) in [5, 5.41) is 5.79. The summed E-state index contributed by atoms with van der Waals surface area (Å²) in [6, 6.07) is 7.84. The fraction of sp³-hybridized carbons (Fsp3) is 0.579. The monoisotopic (exact) mass is 332 g/mol. The highest BCUT2D eigenvalue weighted by Crippen LogP contribution is 2.37. The summed E-state index contributed by atoms with van der Waals surface area (Å²) in [6.07, 6.45) is 1.26. The molecule has 5 heteroatoms. The van der Waals surface area contributed by atoms with E-state index < -0.39 is 0 Å². The first-order valence-corrected chi connectivity index (χ1v) is 8.53. The molecule has 1 aliphatic rings. The molecule has 1 aliphatic carbocycles. The van der Waals surface area contributed by atoms with Crippen molar-refractivity contribution in [2.24, 2.45) is 11.8 Å². The zero-order valence-electron chi connectivity index (χ0n) is 15.0. The first-order valence-electron chi connectivity index (χ1n) is 8.53. The maximum absolute atomic E-state index is 12.0. The van der Waals surface area contributed by atoms with Gasteiger partial charge in [0.05, 0.1) is 7.11 Å². The Labute approximate surface area is 144 Å². The second-order valence-corrected chi connectivity index (χ2v) is 7.22. The number of hydrogen-bond donors (Lipinski definition) is 2. The standard InChI is InChI=1S/C19H28N2O3/c1-13-11-14(13)18(23)20-10-9-17(22)21-12-19(2,3)15-7-5-6-8-16(15)24-4/h5-8,13-14H,9-12H2,1-4H3,(H,20,23)(H,21,22)/t13-,14-/m0/s1. The van der Waals surface area contributed by atoms with E-state index in [0.717, 1.165) is 17.7 Å². The van der Waals surface area contributed by atoms with Gasteiger partial charge in [0.2, 0.25) is 11.8 Å². The van der Waals surface area contributed by atoms with Gasteiger partial charge in [-0.1, -0.05) is 39.0 Å². The Morgan fingerprint density at radius 2 is 1.92 bits per heavy atom. The van der Waals surface area contributed by atoms with Crippen LogP contribution in [0.3, 0.4) is 0 Å². The molecular formula is C19H28N2O3. The van der Waals surface area contributed by atoms with E-state index in [1.807, 2.05) is 24.3 Å². The third-order valence-corrected chi connectivity index (χ3v) is 4.66. The van der Waals surface area contributed by atoms with Crippen molar-refractivity contribution in [2.75, 3.05) is 20.2 Å². The molecule has 1 fully saturated rings. The first kappa shape index (κ1) is 18.3. The van der Waals surface area contributed by atoms with Gasteiger partial charge in [-0.2, -0.15) is 0 Å². The number of nitrogens with one attached hydrogen (secondary N) is 2. The predicted octanol–water partition coefficient (Wildman–Crippen LogP) is 2.25. The van der Waals surface area contributed by atoms with Gasteiger partial charge in [-0.15, -0.1) is 0 Å². The third kappa shape index (κ3) is 4.73. The van der Waals surface area contributed by atoms with Crippen molar-refractivity contribution in [2.45, 2.75) is 39.0 Å². The lowest BCUT2D eigenvalue weighted by Crippen LogP contribution is -2.38. The second-order valence-electron chi connectivity index (χ2n) is 7.22. The van der Waals surface area contributed by atoms with Gasteiger partial charge in [-0.25, -0.2) is 0 Å². The van der Waals surface area contributed by atoms with Crippen LogP contribution >= 0.6 is 0 Å². The summed E-state index contributed by atoms with van der Waals surface area (Å²) >= 11 is 0. The molecule has 0 bridgehead atoms. The number of benzene rings is 1. The number of carbonyl (C=O) groups excluding carboxylic acids is 2. The minimum Gasteiger partial charge on any atom is -0.496 e. The normalized spacial score (nSPS) is 19.5. The van der Waals surface area contributed by atoms with Crippen LogP contribution < -0.4 is 15.4 Å². The smallest absolute Gasteiger partial charge is 0.223 e. The number of ether oxygens (including phenoxy) is 1. The quantitative estimate of drug-likeness (QED) is 0.767. The number of para-hydroxylation sites is 1. The molecule has 2 amide bonds. The van der Waals surface area contributed by atoms with Crippen molar-refractivity contribution < 1.29 is 14.3 Å². The summed E-state index contributed by atoms with van der Waals surface area (Å²) < 4.78 is 5.41. The van der Waals surface area contributed by atoms with E-state index in [4.69, 9.17) is 4.74 Å². The van der Waals surface area contributed by atoms with Crippen LogP contribution in [0.5, 0.6) is 5.75 Å². The molecule has 1 saturated carbocycles. The van der Waals surface area contributed by atoms with Gasteiger partial charge in [0, 0.05) is 36.4 Å². The molecule has 0 heterocycles. The summed E-state index contributed by atoms with van der Waals surface area (Å²) in [5.74, 6) is 1.48. The lowest BCUT2D eigenvalue weighted by Gasteiger charge is -2.27. The lowest BCUT2D eigenvalue weighted by molar-refractivity contribution is -0.123. The van der Waals surface area contributed by atoms with E-state index in [-0.39, 0.29) is 23.1 Å². The average Bonchev–Trinajstić information content (AvgIpc) is 3.30. The van der Waals surface area contributed by atoms with Crippen LogP contribution in [-0.2, 0) is 15.0 Å². The van der Waals surface area contributed by atoms with E-state index in [0.29, 0.717) is 25.4 Å². The summed E-state index contributed by atoms with van der Waals surface area (Å²) in [4.78, 5) is 23.7. The van der Waals surface area contributed by atoms with E-state index in [9.17, 15) is 9.59 Å². The molecule has 5 nitrogen and oxygen atoms in total. The minimum absolute atomic E-state index is 0.0536. The maximum Gasteiger partial charge on any atom is 0.223 e. The topological polar surface area (TPSA) is 67.4 Å². The Balaban J connectivity index is 1.76. The Bertz CT molecular complexity index is 598. The second kappa shape index (κ2) is 7.69. The van der Waals surface area contributed by atoms with Gasteiger partial charge in [-0.3, -0.25) is 9.59 Å². The lowest BCUT2D eigenvalue weighted by atomic mass is 9.84. The van der Waals surface area contributed by atoms with Crippen molar-refractivity contribution in [3.63, 3.8) is 0 Å². The molecular weight excluding hydrogens is 304 g/mol. The van der Waals surface area contributed by atoms with Gasteiger partial charge < -0.3 is 15.4 Å². The van der Waals surface area contributed by atoms with Crippen LogP contribution in [0.15, 0.2) is 24.3 Å². The molecule has 1 aromatic carbocycles. The average molecular weight is 332 g/mol. The Morgan fingerprint density at radius 1 is 1.25 bits per heavy atom. The fourth-order valence-corrected chi connectivity index (χ4v) is 2.82. The van der Waals surface area contributed by atoms with Crippen LogP contribution in [0.4, 0.5) is 0 Å². The van der Waals surface area contributed by atoms with Crippen molar-refractivity contribution in [3.05, 3.63) is 29.8 Å². The van der Waals surface area contributed by atoms with Crippen LogP contribution in [-0.4, -0.2) is 32.0 Å². The molecule has 0 saturated heterocycles. The van der Waals surface area contributed by atoms with Gasteiger partial charge in [0.25, 0.3) is 0 Å². The number of hydrogen-bond acceptors (Lipinski definition) is 3. The summed E-state index contributed by atoms with van der Waals surface area (Å²) in [7, 11) is 1.65. The van der Waals surface area contributed by atoms with Crippen LogP contribution in [0.25, 0.3) is 0 Å². The number of amides is 2. The molecule has 2 atom stereocenters. The van der Waals surface area contributed by atoms with Crippen molar-refractivity contribution >= 4 is 11.8 Å². The van der Waals surface area contributed by atoms with E-state index in [1.165, 1.54) is 0 Å². The predicted molar refractivity (Wildman–Crippen MR) is 93.9 cm³/mol. The molecule has 0 spiro atoms. The number of rotatable bonds is 8. The van der Waals surface area contributed by atoms with Gasteiger partial charge in [-0.05, 0) is 18.4 Å². The Morgan fingerprint density at radius 3 is 2.54 bits per heavy atom.